The molecule has 9 nitrogen and oxygen atoms in total. The number of morpholine rings is 1. The van der Waals surface area contributed by atoms with E-state index in [1.165, 1.54) is 12.8 Å². The van der Waals surface area contributed by atoms with Crippen LogP contribution in [0.5, 0.6) is 0 Å². The van der Waals surface area contributed by atoms with E-state index in [0.29, 0.717) is 26.1 Å². The molecule has 1 aromatic rings. The summed E-state index contributed by atoms with van der Waals surface area (Å²) in [6.45, 7) is 8.60. The van der Waals surface area contributed by atoms with Crippen molar-refractivity contribution in [3.8, 4) is 0 Å². The topological polar surface area (TPSA) is 90.9 Å². The average molecular weight is 431 g/mol. The molecule has 0 bridgehead atoms. The van der Waals surface area contributed by atoms with E-state index < -0.39 is 0 Å². The number of amides is 2. The maximum absolute atomic E-state index is 12.6. The van der Waals surface area contributed by atoms with E-state index in [1.54, 1.807) is 6.92 Å². The molecule has 0 saturated carbocycles. The van der Waals surface area contributed by atoms with Crippen molar-refractivity contribution in [1.82, 2.24) is 20.2 Å². The Morgan fingerprint density at radius 1 is 1.03 bits per heavy atom. The Hall–Kier alpha value is -2.42. The minimum Gasteiger partial charge on any atom is -0.378 e. The number of hydrogen-bond donors (Lipinski definition) is 1. The monoisotopic (exact) mass is 430 g/mol. The third kappa shape index (κ3) is 5.64. The predicted octanol–water partition coefficient (Wildman–Crippen LogP) is 0.831. The number of likely N-dealkylation sites (tertiary alicyclic amines) is 1. The van der Waals surface area contributed by atoms with E-state index in [-0.39, 0.29) is 17.7 Å². The Bertz CT molecular complexity index is 769. The van der Waals surface area contributed by atoms with Crippen LogP contribution < -0.4 is 15.1 Å². The van der Waals surface area contributed by atoms with Crippen LogP contribution in [0.15, 0.2) is 6.07 Å². The van der Waals surface area contributed by atoms with Gasteiger partial charge in [-0.1, -0.05) is 0 Å². The number of piperidine rings is 1. The van der Waals surface area contributed by atoms with Crippen molar-refractivity contribution in [1.29, 1.82) is 0 Å². The van der Waals surface area contributed by atoms with E-state index in [9.17, 15) is 9.59 Å². The second kappa shape index (κ2) is 10.3. The van der Waals surface area contributed by atoms with Crippen LogP contribution in [-0.2, 0) is 20.7 Å². The second-order valence-corrected chi connectivity index (χ2v) is 8.63. The third-order valence-corrected chi connectivity index (χ3v) is 6.47. The van der Waals surface area contributed by atoms with E-state index in [0.717, 1.165) is 69.7 Å². The van der Waals surface area contributed by atoms with Gasteiger partial charge < -0.3 is 24.8 Å². The van der Waals surface area contributed by atoms with E-state index in [2.05, 4.69) is 21.2 Å². The predicted molar refractivity (Wildman–Crippen MR) is 118 cm³/mol. The molecule has 0 unspecified atom stereocenters. The first-order chi connectivity index (χ1) is 15.1. The van der Waals surface area contributed by atoms with Crippen LogP contribution in [0.3, 0.4) is 0 Å². The standard InChI is InChI=1S/C22H34N6O3/c1-17(29)26-10-5-18(6-11-26)21(30)23-7-4-19-16-20(27-12-14-31-15-13-27)25-22(24-19)28-8-2-3-9-28/h16,18H,2-15H2,1H3,(H,23,30). The molecular formula is C22H34N6O3. The van der Waals surface area contributed by atoms with E-state index in [1.807, 2.05) is 4.90 Å². The normalized spacial score (nSPS) is 20.2. The molecule has 0 radical (unpaired) electrons. The minimum atomic E-state index is -0.00919. The zero-order chi connectivity index (χ0) is 21.6. The molecular weight excluding hydrogens is 396 g/mol. The maximum atomic E-state index is 12.6. The van der Waals surface area contributed by atoms with E-state index in [4.69, 9.17) is 14.7 Å². The van der Waals surface area contributed by atoms with Crippen molar-refractivity contribution in [3.63, 3.8) is 0 Å². The van der Waals surface area contributed by atoms with Gasteiger partial charge in [0.15, 0.2) is 0 Å². The van der Waals surface area contributed by atoms with Crippen molar-refractivity contribution in [2.24, 2.45) is 5.92 Å². The van der Waals surface area contributed by atoms with Crippen molar-refractivity contribution < 1.29 is 14.3 Å². The Labute approximate surface area is 184 Å². The summed E-state index contributed by atoms with van der Waals surface area (Å²) in [5.74, 6) is 1.93. The lowest BCUT2D eigenvalue weighted by atomic mass is 9.96. The van der Waals surface area contributed by atoms with Crippen molar-refractivity contribution in [3.05, 3.63) is 11.8 Å². The number of carbonyl (C=O) groups is 2. The molecule has 3 aliphatic rings. The molecule has 0 aliphatic carbocycles. The van der Waals surface area contributed by atoms with Gasteiger partial charge in [0.05, 0.1) is 13.2 Å². The van der Waals surface area contributed by atoms with Crippen molar-refractivity contribution >= 4 is 23.6 Å². The van der Waals surface area contributed by atoms with Crippen LogP contribution in [0.25, 0.3) is 0 Å². The van der Waals surface area contributed by atoms with E-state index >= 15 is 0 Å². The van der Waals surface area contributed by atoms with Crippen LogP contribution in [0.1, 0.15) is 38.3 Å². The molecule has 1 aromatic heterocycles. The molecule has 0 aromatic carbocycles. The van der Waals surface area contributed by atoms with Crippen LogP contribution in [0, 0.1) is 5.92 Å². The number of anilines is 2. The highest BCUT2D eigenvalue weighted by Crippen LogP contribution is 2.22. The van der Waals surface area contributed by atoms with Crippen molar-refractivity contribution in [2.45, 2.75) is 39.0 Å². The highest BCUT2D eigenvalue weighted by molar-refractivity contribution is 5.79. The molecule has 4 heterocycles. The minimum absolute atomic E-state index is 0.00919. The number of hydrogen-bond acceptors (Lipinski definition) is 7. The summed E-state index contributed by atoms with van der Waals surface area (Å²) < 4.78 is 5.49. The fraction of sp³-hybridized carbons (Fsp3) is 0.727. The molecule has 3 saturated heterocycles. The first-order valence-corrected chi connectivity index (χ1v) is 11.6. The molecule has 0 atom stereocenters. The molecule has 2 amide bonds. The molecule has 9 heteroatoms. The van der Waals surface area contributed by atoms with Crippen LogP contribution in [0.2, 0.25) is 0 Å². The molecule has 3 aliphatic heterocycles. The summed E-state index contributed by atoms with van der Waals surface area (Å²) in [4.78, 5) is 40.0. The van der Waals surface area contributed by atoms with Gasteiger partial charge in [0.1, 0.15) is 5.82 Å². The zero-order valence-corrected chi connectivity index (χ0v) is 18.5. The Balaban J connectivity index is 1.35. The van der Waals surface area contributed by atoms with Gasteiger partial charge in [0.25, 0.3) is 0 Å². The molecule has 31 heavy (non-hydrogen) atoms. The maximum Gasteiger partial charge on any atom is 0.227 e. The van der Waals surface area contributed by atoms with Crippen LogP contribution >= 0.6 is 0 Å². The first kappa shape index (κ1) is 21.8. The highest BCUT2D eigenvalue weighted by atomic mass is 16.5. The quantitative estimate of drug-likeness (QED) is 0.715. The Morgan fingerprint density at radius 2 is 1.74 bits per heavy atom. The number of ether oxygens (including phenoxy) is 1. The van der Waals surface area contributed by atoms with Gasteiger partial charge in [0.2, 0.25) is 17.8 Å². The summed E-state index contributed by atoms with van der Waals surface area (Å²) in [5, 5.41) is 3.08. The van der Waals surface area contributed by atoms with Gasteiger partial charge in [-0.15, -0.1) is 0 Å². The summed E-state index contributed by atoms with van der Waals surface area (Å²) in [6, 6.07) is 2.06. The van der Waals surface area contributed by atoms with Crippen LogP contribution in [-0.4, -0.2) is 85.7 Å². The summed E-state index contributed by atoms with van der Waals surface area (Å²) in [6.07, 6.45) is 4.51. The lowest BCUT2D eigenvalue weighted by molar-refractivity contribution is -0.133. The Kier molecular flexibility index (Phi) is 7.21. The fourth-order valence-corrected chi connectivity index (χ4v) is 4.53. The third-order valence-electron chi connectivity index (χ3n) is 6.47. The zero-order valence-electron chi connectivity index (χ0n) is 18.5. The smallest absolute Gasteiger partial charge is 0.227 e. The van der Waals surface area contributed by atoms with Crippen molar-refractivity contribution in [2.75, 3.05) is 68.8 Å². The summed E-state index contributed by atoms with van der Waals surface area (Å²) in [7, 11) is 0. The average Bonchev–Trinajstić information content (AvgIpc) is 3.35. The van der Waals surface area contributed by atoms with Gasteiger partial charge in [-0.2, -0.15) is 4.98 Å². The molecule has 170 valence electrons. The summed E-state index contributed by atoms with van der Waals surface area (Å²) in [5.41, 5.74) is 0.963. The lowest BCUT2D eigenvalue weighted by Crippen LogP contribution is -2.42. The summed E-state index contributed by atoms with van der Waals surface area (Å²) >= 11 is 0. The highest BCUT2D eigenvalue weighted by Gasteiger charge is 2.26. The first-order valence-electron chi connectivity index (χ1n) is 11.6. The second-order valence-electron chi connectivity index (χ2n) is 8.63. The number of aromatic nitrogens is 2. The van der Waals surface area contributed by atoms with Gasteiger partial charge in [-0.3, -0.25) is 9.59 Å². The lowest BCUT2D eigenvalue weighted by Gasteiger charge is -2.30. The molecule has 1 N–H and O–H groups in total. The molecule has 0 spiro atoms. The number of nitrogens with zero attached hydrogens (tertiary/aromatic N) is 5. The fourth-order valence-electron chi connectivity index (χ4n) is 4.53. The largest absolute Gasteiger partial charge is 0.378 e. The van der Waals surface area contributed by atoms with Gasteiger partial charge >= 0.3 is 0 Å². The molecule has 3 fully saturated rings. The number of carbonyl (C=O) groups excluding carboxylic acids is 2. The SMILES string of the molecule is CC(=O)N1CCC(C(=O)NCCc2cc(N3CCOCC3)nc(N3CCCC3)n2)CC1. The molecule has 4 rings (SSSR count). The Morgan fingerprint density at radius 3 is 2.42 bits per heavy atom. The number of nitrogens with one attached hydrogen (secondary N) is 1. The number of rotatable bonds is 6. The van der Waals surface area contributed by atoms with Gasteiger partial charge in [-0.25, -0.2) is 4.98 Å². The van der Waals surface area contributed by atoms with Gasteiger partial charge in [-0.05, 0) is 25.7 Å². The van der Waals surface area contributed by atoms with Crippen LogP contribution in [0.4, 0.5) is 11.8 Å². The van der Waals surface area contributed by atoms with Gasteiger partial charge in [0, 0.05) is 76.8 Å².